The third-order valence-electron chi connectivity index (χ3n) is 6.05. The Bertz CT molecular complexity index is 1180. The molecule has 154 valence electrons. The van der Waals surface area contributed by atoms with Crippen LogP contribution in [-0.2, 0) is 0 Å². The van der Waals surface area contributed by atoms with Crippen LogP contribution in [0.2, 0.25) is 0 Å². The topological polar surface area (TPSA) is 108 Å². The van der Waals surface area contributed by atoms with Crippen molar-refractivity contribution in [2.75, 3.05) is 0 Å². The number of nitrogens with one attached hydrogen (secondary N) is 2. The average molecular weight is 475 g/mol. The minimum Gasteiger partial charge on any atom is -0.365 e. The lowest BCUT2D eigenvalue weighted by molar-refractivity contribution is -0.742. The first-order valence-electron chi connectivity index (χ1n) is 10.0. The molecule has 2 heterocycles. The van der Waals surface area contributed by atoms with Gasteiger partial charge in [0.25, 0.3) is 0 Å². The second kappa shape index (κ2) is 8.13. The van der Waals surface area contributed by atoms with Gasteiger partial charge in [-0.05, 0) is 48.9 Å². The van der Waals surface area contributed by atoms with E-state index in [1.54, 1.807) is 0 Å². The highest BCUT2D eigenvalue weighted by Gasteiger charge is 2.61. The normalized spacial score (nSPS) is 25.1. The number of aromatic nitrogens is 1. The van der Waals surface area contributed by atoms with Crippen LogP contribution in [0.5, 0.6) is 0 Å². The summed E-state index contributed by atoms with van der Waals surface area (Å²) in [7, 11) is 0. The van der Waals surface area contributed by atoms with Crippen molar-refractivity contribution in [1.29, 1.82) is 15.9 Å². The molecule has 0 unspecified atom stereocenters. The van der Waals surface area contributed by atoms with E-state index in [4.69, 9.17) is 5.41 Å². The molecule has 3 atom stereocenters. The molecule has 1 aromatic carbocycles. The van der Waals surface area contributed by atoms with Gasteiger partial charge in [-0.25, -0.2) is 0 Å². The smallest absolute Gasteiger partial charge is 0.216 e. The van der Waals surface area contributed by atoms with E-state index < -0.39 is 17.7 Å². The van der Waals surface area contributed by atoms with Crippen LogP contribution in [0.25, 0.3) is 0 Å². The molecule has 4 rings (SSSR count). The summed E-state index contributed by atoms with van der Waals surface area (Å²) in [6, 6.07) is 15.3. The van der Waals surface area contributed by atoms with Gasteiger partial charge in [0, 0.05) is 22.5 Å². The minimum absolute atomic E-state index is 0.0369. The van der Waals surface area contributed by atoms with Gasteiger partial charge in [0.15, 0.2) is 12.4 Å². The number of halogens is 1. The van der Waals surface area contributed by atoms with Gasteiger partial charge in [-0.2, -0.15) is 15.1 Å². The number of hydrogen-bond donors (Lipinski definition) is 3. The van der Waals surface area contributed by atoms with Crippen LogP contribution in [0.4, 0.5) is 0 Å². The fourth-order valence-electron chi connectivity index (χ4n) is 4.36. The van der Waals surface area contributed by atoms with Crippen molar-refractivity contribution in [1.82, 2.24) is 5.32 Å². The summed E-state index contributed by atoms with van der Waals surface area (Å²) in [6.45, 7) is 2.00. The van der Waals surface area contributed by atoms with Crippen LogP contribution in [0.15, 0.2) is 70.1 Å². The lowest BCUT2D eigenvalue weighted by Gasteiger charge is -2.43. The summed E-state index contributed by atoms with van der Waals surface area (Å²) in [4.78, 5) is 0. The summed E-state index contributed by atoms with van der Waals surface area (Å²) in [5.74, 6) is 1.57. The summed E-state index contributed by atoms with van der Waals surface area (Å²) in [5, 5.41) is 42.4. The zero-order valence-electron chi connectivity index (χ0n) is 16.9. The van der Waals surface area contributed by atoms with Gasteiger partial charge in [-0.1, -0.05) is 28.1 Å². The van der Waals surface area contributed by atoms with Gasteiger partial charge in [0.1, 0.15) is 11.6 Å². The Morgan fingerprint density at radius 2 is 1.84 bits per heavy atom. The van der Waals surface area contributed by atoms with Crippen LogP contribution >= 0.6 is 15.9 Å². The van der Waals surface area contributed by atoms with Crippen molar-refractivity contribution < 1.29 is 9.67 Å². The number of nitriles is 2. The zero-order chi connectivity index (χ0) is 22.2. The fraction of sp³-hybridized carbons (Fsp3) is 0.292. The van der Waals surface area contributed by atoms with Gasteiger partial charge < -0.3 is 10.4 Å². The van der Waals surface area contributed by atoms with E-state index in [9.17, 15) is 15.6 Å². The molecule has 0 radical (unpaired) electrons. The lowest BCUT2D eigenvalue weighted by atomic mass is 9.74. The maximum absolute atomic E-state index is 12.0. The van der Waals surface area contributed by atoms with Crippen molar-refractivity contribution >= 4 is 21.8 Å². The van der Waals surface area contributed by atoms with Crippen molar-refractivity contribution in [3.05, 3.63) is 81.2 Å². The summed E-state index contributed by atoms with van der Waals surface area (Å²) in [6.07, 6.45) is 5.51. The number of nitrogens with zero attached hydrogens (tertiary/aromatic N) is 3. The Morgan fingerprint density at radius 3 is 2.35 bits per heavy atom. The molecule has 31 heavy (non-hydrogen) atoms. The molecule has 0 saturated heterocycles. The molecule has 2 aromatic rings. The molecule has 0 spiro atoms. The number of aryl methyl sites for hydroxylation is 1. The van der Waals surface area contributed by atoms with Gasteiger partial charge in [-0.15, -0.1) is 0 Å². The van der Waals surface area contributed by atoms with Gasteiger partial charge in [0.2, 0.25) is 11.8 Å². The predicted molar refractivity (Wildman–Crippen MR) is 118 cm³/mol. The maximum atomic E-state index is 12.0. The SMILES string of the molecule is Cc1cc[n+]([C@H]2[C@H](c3ccc(Br)cc3)C(C#N)=C(C(=C=N)C#N)N[C@]2(O)C2CC2)cc1. The first-order chi connectivity index (χ1) is 14.9. The standard InChI is InChI=1S/C24H21BrN5O/c1-15-8-10-30(11-9-15)23-21(16-2-6-19(25)7-3-16)20(14-28)22(17(12-26)13-27)29-24(23,31)18-4-5-18/h2-3,6-11,18,21,23,26,29,31H,4-5H2,1H3/q+1/t21-,23+,24+/m1/s1. The average Bonchev–Trinajstić information content (AvgIpc) is 3.62. The third-order valence-corrected chi connectivity index (χ3v) is 6.58. The molecule has 1 saturated carbocycles. The number of allylic oxidation sites excluding steroid dienone is 2. The van der Waals surface area contributed by atoms with Gasteiger partial charge in [-0.3, -0.25) is 5.41 Å². The minimum atomic E-state index is -1.40. The van der Waals surface area contributed by atoms with E-state index in [1.807, 2.05) is 66.4 Å². The van der Waals surface area contributed by atoms with Crippen LogP contribution < -0.4 is 9.88 Å². The first-order valence-corrected chi connectivity index (χ1v) is 10.8. The quantitative estimate of drug-likeness (QED) is 0.357. The molecule has 2 aliphatic rings. The molecule has 0 bridgehead atoms. The van der Waals surface area contributed by atoms with E-state index in [2.05, 4.69) is 33.2 Å². The zero-order valence-corrected chi connectivity index (χ0v) is 18.5. The van der Waals surface area contributed by atoms with E-state index in [-0.39, 0.29) is 17.2 Å². The Hall–Kier alpha value is -3.22. The van der Waals surface area contributed by atoms with E-state index >= 15 is 0 Å². The number of aliphatic hydroxyl groups is 1. The maximum Gasteiger partial charge on any atom is 0.216 e. The van der Waals surface area contributed by atoms with E-state index in [0.717, 1.165) is 28.4 Å². The second-order valence-corrected chi connectivity index (χ2v) is 8.95. The van der Waals surface area contributed by atoms with E-state index in [1.165, 1.54) is 0 Å². The van der Waals surface area contributed by atoms with Crippen LogP contribution in [0.3, 0.4) is 0 Å². The molecular formula is C24H21BrN5O+. The Balaban J connectivity index is 2.03. The monoisotopic (exact) mass is 474 g/mol. The predicted octanol–water partition coefficient (Wildman–Crippen LogP) is 3.55. The molecule has 3 N–H and O–H groups in total. The van der Waals surface area contributed by atoms with Gasteiger partial charge >= 0.3 is 0 Å². The molecule has 1 aliphatic carbocycles. The summed E-state index contributed by atoms with van der Waals surface area (Å²) < 4.78 is 2.85. The van der Waals surface area contributed by atoms with Crippen LogP contribution in [0.1, 0.15) is 35.9 Å². The number of pyridine rings is 1. The molecule has 7 heteroatoms. The van der Waals surface area contributed by atoms with Gasteiger partial charge in [0.05, 0.1) is 23.3 Å². The summed E-state index contributed by atoms with van der Waals surface area (Å²) in [5.41, 5.74) is 0.939. The highest BCUT2D eigenvalue weighted by atomic mass is 79.9. The molecule has 6 nitrogen and oxygen atoms in total. The summed E-state index contributed by atoms with van der Waals surface area (Å²) >= 11 is 3.46. The molecule has 1 aliphatic heterocycles. The van der Waals surface area contributed by atoms with Crippen molar-refractivity contribution in [3.8, 4) is 12.1 Å². The largest absolute Gasteiger partial charge is 0.365 e. The number of benzene rings is 1. The van der Waals surface area contributed by atoms with Crippen molar-refractivity contribution in [2.24, 2.45) is 5.92 Å². The highest BCUT2D eigenvalue weighted by molar-refractivity contribution is 9.10. The molecule has 1 aromatic heterocycles. The van der Waals surface area contributed by atoms with Crippen LogP contribution in [0, 0.1) is 40.9 Å². The Kier molecular flexibility index (Phi) is 5.52. The van der Waals surface area contributed by atoms with Crippen molar-refractivity contribution in [2.45, 2.75) is 37.5 Å². The lowest BCUT2D eigenvalue weighted by Crippen LogP contribution is -2.66. The molecule has 1 fully saturated rings. The molecular weight excluding hydrogens is 454 g/mol. The number of hydrogen-bond acceptors (Lipinski definition) is 5. The first kappa shape index (κ1) is 21.0. The van der Waals surface area contributed by atoms with E-state index in [0.29, 0.717) is 5.57 Å². The van der Waals surface area contributed by atoms with Crippen LogP contribution in [-0.4, -0.2) is 16.7 Å². The Morgan fingerprint density at radius 1 is 1.19 bits per heavy atom. The third kappa shape index (κ3) is 3.69. The Labute approximate surface area is 189 Å². The molecule has 0 amide bonds. The van der Waals surface area contributed by atoms with Crippen molar-refractivity contribution in [3.63, 3.8) is 0 Å². The highest BCUT2D eigenvalue weighted by Crippen LogP contribution is 2.52. The fourth-order valence-corrected chi connectivity index (χ4v) is 4.63. The second-order valence-electron chi connectivity index (χ2n) is 8.03. The number of rotatable bonds is 4.